The summed E-state index contributed by atoms with van der Waals surface area (Å²) in [4.78, 5) is 13.9. The number of halogens is 3. The van der Waals surface area contributed by atoms with Crippen LogP contribution in [0.25, 0.3) is 0 Å². The molecule has 1 amide bonds. The van der Waals surface area contributed by atoms with Crippen LogP contribution in [-0.2, 0) is 9.53 Å². The normalized spacial score (nSPS) is 16.2. The summed E-state index contributed by atoms with van der Waals surface area (Å²) in [5.74, 6) is -0.0848. The van der Waals surface area contributed by atoms with E-state index in [-0.39, 0.29) is 43.4 Å². The maximum atomic E-state index is 12.0. The minimum absolute atomic E-state index is 0. The Morgan fingerprint density at radius 2 is 2.13 bits per heavy atom. The van der Waals surface area contributed by atoms with E-state index in [9.17, 15) is 4.79 Å². The molecule has 1 fully saturated rings. The Hall–Kier alpha value is -0.720. The highest BCUT2D eigenvalue weighted by Crippen LogP contribution is 2.27. The first-order chi connectivity index (χ1) is 10.1. The number of rotatable bonds is 6. The second kappa shape index (κ2) is 10.9. The van der Waals surface area contributed by atoms with Crippen molar-refractivity contribution in [1.29, 1.82) is 0 Å². The second-order valence-corrected chi connectivity index (χ2v) is 5.81. The first-order valence-corrected chi connectivity index (χ1v) is 7.53. The minimum atomic E-state index is -0.0848. The van der Waals surface area contributed by atoms with E-state index < -0.39 is 0 Å². The first-order valence-electron chi connectivity index (χ1n) is 7.15. The quantitative estimate of drug-likeness (QED) is 0.792. The molecule has 1 aliphatic rings. The molecule has 0 radical (unpaired) electrons. The highest BCUT2D eigenvalue weighted by Gasteiger charge is 2.15. The Labute approximate surface area is 154 Å². The van der Waals surface area contributed by atoms with E-state index >= 15 is 0 Å². The van der Waals surface area contributed by atoms with Crippen LogP contribution < -0.4 is 15.5 Å². The third kappa shape index (κ3) is 7.14. The Morgan fingerprint density at radius 3 is 2.74 bits per heavy atom. The fraction of sp³-hybridized carbons (Fsp3) is 0.533. The molecule has 1 aromatic carbocycles. The van der Waals surface area contributed by atoms with Gasteiger partial charge in [-0.05, 0) is 31.0 Å². The topological polar surface area (TPSA) is 53.6 Å². The number of ether oxygens (including phenoxy) is 1. The van der Waals surface area contributed by atoms with Crippen LogP contribution in [0.2, 0.25) is 5.02 Å². The van der Waals surface area contributed by atoms with E-state index in [1.54, 1.807) is 6.07 Å². The lowest BCUT2D eigenvalue weighted by Crippen LogP contribution is -2.33. The van der Waals surface area contributed by atoms with Crippen LogP contribution in [0, 0.1) is 0 Å². The number of anilines is 2. The SMILES string of the molecule is CN(C)c1ccc(Cl)cc1NC(=O)CNCC1CCCO1.Cl.Cl. The Kier molecular flexibility index (Phi) is 10.6. The van der Waals surface area contributed by atoms with Crippen molar-refractivity contribution in [2.45, 2.75) is 18.9 Å². The molecular weight excluding hydrogens is 361 g/mol. The molecule has 1 saturated heterocycles. The zero-order valence-electron chi connectivity index (χ0n) is 13.3. The lowest BCUT2D eigenvalue weighted by Gasteiger charge is -2.18. The smallest absolute Gasteiger partial charge is 0.238 e. The van der Waals surface area contributed by atoms with Crippen LogP contribution in [-0.4, -0.2) is 45.8 Å². The highest BCUT2D eigenvalue weighted by molar-refractivity contribution is 6.31. The maximum Gasteiger partial charge on any atom is 0.238 e. The van der Waals surface area contributed by atoms with Gasteiger partial charge >= 0.3 is 0 Å². The Bertz CT molecular complexity index is 495. The van der Waals surface area contributed by atoms with Crippen molar-refractivity contribution >= 4 is 53.7 Å². The van der Waals surface area contributed by atoms with Crippen LogP contribution >= 0.6 is 36.4 Å². The monoisotopic (exact) mass is 383 g/mol. The zero-order valence-corrected chi connectivity index (χ0v) is 15.7. The molecule has 1 aliphatic heterocycles. The molecule has 0 spiro atoms. The number of nitrogens with one attached hydrogen (secondary N) is 2. The largest absolute Gasteiger partial charge is 0.377 e. The first kappa shape index (κ1) is 22.3. The van der Waals surface area contributed by atoms with Gasteiger partial charge in [-0.25, -0.2) is 0 Å². The van der Waals surface area contributed by atoms with Crippen molar-refractivity contribution in [3.63, 3.8) is 0 Å². The van der Waals surface area contributed by atoms with Gasteiger partial charge in [-0.3, -0.25) is 4.79 Å². The van der Waals surface area contributed by atoms with E-state index in [4.69, 9.17) is 16.3 Å². The molecule has 1 heterocycles. The Balaban J connectivity index is 0.00000242. The van der Waals surface area contributed by atoms with Gasteiger partial charge in [0.25, 0.3) is 0 Å². The summed E-state index contributed by atoms with van der Waals surface area (Å²) in [7, 11) is 3.85. The molecule has 0 aromatic heterocycles. The lowest BCUT2D eigenvalue weighted by atomic mass is 10.2. The van der Waals surface area contributed by atoms with Gasteiger partial charge in [-0.15, -0.1) is 24.8 Å². The number of carbonyl (C=O) groups is 1. The molecule has 0 aliphatic carbocycles. The number of carbonyl (C=O) groups excluding carboxylic acids is 1. The van der Waals surface area contributed by atoms with Crippen molar-refractivity contribution < 1.29 is 9.53 Å². The Morgan fingerprint density at radius 1 is 1.39 bits per heavy atom. The fourth-order valence-corrected chi connectivity index (χ4v) is 2.52. The van der Waals surface area contributed by atoms with Gasteiger partial charge in [0.15, 0.2) is 0 Å². The molecule has 1 unspecified atom stereocenters. The molecule has 23 heavy (non-hydrogen) atoms. The molecule has 2 rings (SSSR count). The van der Waals surface area contributed by atoms with E-state index in [2.05, 4.69) is 10.6 Å². The van der Waals surface area contributed by atoms with Crippen LogP contribution in [0.1, 0.15) is 12.8 Å². The van der Waals surface area contributed by atoms with E-state index in [0.717, 1.165) is 30.8 Å². The molecule has 0 bridgehead atoms. The molecular formula is C15H24Cl3N3O2. The van der Waals surface area contributed by atoms with Gasteiger partial charge in [0.1, 0.15) is 0 Å². The third-order valence-electron chi connectivity index (χ3n) is 3.40. The summed E-state index contributed by atoms with van der Waals surface area (Å²) in [5.41, 5.74) is 1.64. The number of hydrogen-bond acceptors (Lipinski definition) is 4. The van der Waals surface area contributed by atoms with Crippen LogP contribution in [0.15, 0.2) is 18.2 Å². The molecule has 5 nitrogen and oxygen atoms in total. The summed E-state index contributed by atoms with van der Waals surface area (Å²) in [6, 6.07) is 5.45. The van der Waals surface area contributed by atoms with Crippen molar-refractivity contribution in [2.75, 3.05) is 44.0 Å². The summed E-state index contributed by atoms with van der Waals surface area (Å²) < 4.78 is 5.50. The van der Waals surface area contributed by atoms with Gasteiger partial charge < -0.3 is 20.3 Å². The number of nitrogens with zero attached hydrogens (tertiary/aromatic N) is 1. The summed E-state index contributed by atoms with van der Waals surface area (Å²) in [6.45, 7) is 1.80. The number of hydrogen-bond donors (Lipinski definition) is 2. The molecule has 8 heteroatoms. The molecule has 1 aromatic rings. The van der Waals surface area contributed by atoms with Gasteiger partial charge in [-0.1, -0.05) is 11.6 Å². The van der Waals surface area contributed by atoms with Crippen LogP contribution in [0.5, 0.6) is 0 Å². The average molecular weight is 385 g/mol. The zero-order chi connectivity index (χ0) is 15.2. The van der Waals surface area contributed by atoms with Gasteiger partial charge in [-0.2, -0.15) is 0 Å². The second-order valence-electron chi connectivity index (χ2n) is 5.37. The predicted octanol–water partition coefficient (Wildman–Crippen LogP) is 2.96. The van der Waals surface area contributed by atoms with Crippen molar-refractivity contribution in [3.05, 3.63) is 23.2 Å². The summed E-state index contributed by atoms with van der Waals surface area (Å²) in [5, 5.41) is 6.62. The number of benzene rings is 1. The average Bonchev–Trinajstić information content (AvgIpc) is 2.91. The van der Waals surface area contributed by atoms with Crippen LogP contribution in [0.4, 0.5) is 11.4 Å². The van der Waals surface area contributed by atoms with Crippen molar-refractivity contribution in [1.82, 2.24) is 5.32 Å². The predicted molar refractivity (Wildman–Crippen MR) is 101 cm³/mol. The van der Waals surface area contributed by atoms with Crippen LogP contribution in [0.3, 0.4) is 0 Å². The van der Waals surface area contributed by atoms with Gasteiger partial charge in [0, 0.05) is 32.3 Å². The summed E-state index contributed by atoms with van der Waals surface area (Å²) in [6.07, 6.45) is 2.40. The van der Waals surface area contributed by atoms with Crippen molar-refractivity contribution in [3.8, 4) is 0 Å². The fourth-order valence-electron chi connectivity index (χ4n) is 2.34. The van der Waals surface area contributed by atoms with E-state index in [1.165, 1.54) is 0 Å². The third-order valence-corrected chi connectivity index (χ3v) is 3.63. The lowest BCUT2D eigenvalue weighted by molar-refractivity contribution is -0.115. The molecule has 1 atom stereocenters. The molecule has 2 N–H and O–H groups in total. The number of amides is 1. The molecule has 132 valence electrons. The van der Waals surface area contributed by atoms with Crippen molar-refractivity contribution in [2.24, 2.45) is 0 Å². The van der Waals surface area contributed by atoms with E-state index in [1.807, 2.05) is 31.1 Å². The standard InChI is InChI=1S/C15H22ClN3O2.2ClH/c1-19(2)14-6-5-11(16)8-13(14)18-15(20)10-17-9-12-4-3-7-21-12;;/h5-6,8,12,17H,3-4,7,9-10H2,1-2H3,(H,18,20);2*1H. The van der Waals surface area contributed by atoms with Gasteiger partial charge in [0.05, 0.1) is 24.0 Å². The molecule has 0 saturated carbocycles. The minimum Gasteiger partial charge on any atom is -0.377 e. The van der Waals surface area contributed by atoms with Gasteiger partial charge in [0.2, 0.25) is 5.91 Å². The highest BCUT2D eigenvalue weighted by atomic mass is 35.5. The van der Waals surface area contributed by atoms with E-state index in [0.29, 0.717) is 11.6 Å². The maximum absolute atomic E-state index is 12.0. The summed E-state index contributed by atoms with van der Waals surface area (Å²) >= 11 is 5.99.